The Morgan fingerprint density at radius 2 is 1.88 bits per heavy atom. The number of aromatic nitrogens is 2. The van der Waals surface area contributed by atoms with Gasteiger partial charge in [-0.3, -0.25) is 4.98 Å². The van der Waals surface area contributed by atoms with Gasteiger partial charge >= 0.3 is 0 Å². The second-order valence-electron chi connectivity index (χ2n) is 5.78. The summed E-state index contributed by atoms with van der Waals surface area (Å²) in [6.45, 7) is 6.14. The highest BCUT2D eigenvalue weighted by molar-refractivity contribution is 5.86. The Hall–Kier alpha value is -2.93. The van der Waals surface area contributed by atoms with Crippen LogP contribution in [0.15, 0.2) is 36.4 Å². The van der Waals surface area contributed by atoms with Crippen LogP contribution in [0.5, 0.6) is 0 Å². The smallest absolute Gasteiger partial charge is 0.130 e. The lowest BCUT2D eigenvalue weighted by Crippen LogP contribution is -1.98. The van der Waals surface area contributed by atoms with Gasteiger partial charge in [-0.1, -0.05) is 13.8 Å². The van der Waals surface area contributed by atoms with Crippen molar-refractivity contribution in [3.8, 4) is 6.07 Å². The van der Waals surface area contributed by atoms with Crippen molar-refractivity contribution in [2.24, 2.45) is 0 Å². The summed E-state index contributed by atoms with van der Waals surface area (Å²) in [5, 5.41) is 13.5. The first-order chi connectivity index (χ1) is 11.6. The van der Waals surface area contributed by atoms with E-state index in [1.165, 1.54) is 10.9 Å². The Morgan fingerprint density at radius 1 is 1.04 bits per heavy atom. The molecule has 0 fully saturated rings. The van der Waals surface area contributed by atoms with Crippen LogP contribution in [0.3, 0.4) is 0 Å². The second kappa shape index (κ2) is 6.67. The average molecular weight is 316 g/mol. The molecule has 4 nitrogen and oxygen atoms in total. The van der Waals surface area contributed by atoms with E-state index in [1.54, 1.807) is 6.07 Å². The summed E-state index contributed by atoms with van der Waals surface area (Å²) >= 11 is 0. The highest BCUT2D eigenvalue weighted by Crippen LogP contribution is 2.25. The minimum Gasteiger partial charge on any atom is -0.340 e. The van der Waals surface area contributed by atoms with Crippen LogP contribution in [-0.2, 0) is 12.8 Å². The first-order valence-electron chi connectivity index (χ1n) is 8.22. The maximum atomic E-state index is 9.00. The van der Waals surface area contributed by atoms with Gasteiger partial charge in [0.15, 0.2) is 0 Å². The van der Waals surface area contributed by atoms with Crippen LogP contribution < -0.4 is 5.32 Å². The second-order valence-corrected chi connectivity index (χ2v) is 5.78. The highest BCUT2D eigenvalue weighted by atomic mass is 15.0. The Morgan fingerprint density at radius 3 is 2.54 bits per heavy atom. The number of nitriles is 1. The van der Waals surface area contributed by atoms with Gasteiger partial charge in [0.05, 0.1) is 16.8 Å². The number of nitrogens with one attached hydrogen (secondary N) is 1. The number of aryl methyl sites for hydroxylation is 3. The van der Waals surface area contributed by atoms with Crippen molar-refractivity contribution >= 4 is 22.4 Å². The molecule has 0 spiro atoms. The molecule has 0 radical (unpaired) electrons. The molecule has 0 saturated carbocycles. The van der Waals surface area contributed by atoms with E-state index in [0.29, 0.717) is 5.56 Å². The van der Waals surface area contributed by atoms with Gasteiger partial charge in [0.1, 0.15) is 11.9 Å². The first-order valence-corrected chi connectivity index (χ1v) is 8.22. The van der Waals surface area contributed by atoms with Gasteiger partial charge < -0.3 is 5.32 Å². The maximum Gasteiger partial charge on any atom is 0.130 e. The molecule has 1 aromatic carbocycles. The minimum absolute atomic E-state index is 0.601. The van der Waals surface area contributed by atoms with E-state index in [9.17, 15) is 0 Å². The van der Waals surface area contributed by atoms with Gasteiger partial charge in [-0.15, -0.1) is 0 Å². The molecular formula is C20H20N4. The van der Waals surface area contributed by atoms with Gasteiger partial charge in [-0.2, -0.15) is 5.26 Å². The predicted molar refractivity (Wildman–Crippen MR) is 97.5 cm³/mol. The van der Waals surface area contributed by atoms with Gasteiger partial charge in [0.25, 0.3) is 0 Å². The van der Waals surface area contributed by atoms with Crippen LogP contribution in [0.4, 0.5) is 11.5 Å². The molecule has 3 rings (SSSR count). The van der Waals surface area contributed by atoms with E-state index in [-0.39, 0.29) is 0 Å². The average Bonchev–Trinajstić information content (AvgIpc) is 2.61. The fraction of sp³-hybridized carbons (Fsp3) is 0.250. The zero-order valence-corrected chi connectivity index (χ0v) is 14.2. The topological polar surface area (TPSA) is 61.6 Å². The third-order valence-corrected chi connectivity index (χ3v) is 4.17. The van der Waals surface area contributed by atoms with Crippen molar-refractivity contribution in [1.82, 2.24) is 9.97 Å². The first kappa shape index (κ1) is 15.9. The molecule has 4 heteroatoms. The monoisotopic (exact) mass is 316 g/mol. The Kier molecular flexibility index (Phi) is 4.43. The van der Waals surface area contributed by atoms with E-state index in [4.69, 9.17) is 10.2 Å². The molecule has 0 aliphatic rings. The number of hydrogen-bond acceptors (Lipinski definition) is 4. The minimum atomic E-state index is 0.601. The van der Waals surface area contributed by atoms with Crippen molar-refractivity contribution in [3.63, 3.8) is 0 Å². The number of rotatable bonds is 4. The van der Waals surface area contributed by atoms with Crippen molar-refractivity contribution in [3.05, 3.63) is 58.9 Å². The van der Waals surface area contributed by atoms with Crippen LogP contribution in [0, 0.1) is 18.3 Å². The number of pyridine rings is 2. The van der Waals surface area contributed by atoms with Crippen LogP contribution in [0.2, 0.25) is 0 Å². The van der Waals surface area contributed by atoms with Crippen molar-refractivity contribution in [2.45, 2.75) is 33.6 Å². The Balaban J connectivity index is 1.99. The summed E-state index contributed by atoms with van der Waals surface area (Å²) in [6.07, 6.45) is 1.92. The highest BCUT2D eigenvalue weighted by Gasteiger charge is 2.07. The number of nitrogens with zero attached hydrogens (tertiary/aromatic N) is 3. The fourth-order valence-electron chi connectivity index (χ4n) is 2.80. The van der Waals surface area contributed by atoms with Crippen LogP contribution in [-0.4, -0.2) is 9.97 Å². The summed E-state index contributed by atoms with van der Waals surface area (Å²) in [4.78, 5) is 9.15. The van der Waals surface area contributed by atoms with Gasteiger partial charge in [0.2, 0.25) is 0 Å². The molecule has 2 heterocycles. The molecule has 0 bridgehead atoms. The standard InChI is InChI=1S/C20H20N4/c1-4-14-10-16(5-2)23-19-8-7-17(11-18(14)19)24-20-9-6-15(12-21)13(3)22-20/h6-11H,4-5H2,1-3H3,(H,22,24). The lowest BCUT2D eigenvalue weighted by atomic mass is 10.0. The van der Waals surface area contributed by atoms with Crippen molar-refractivity contribution in [1.29, 1.82) is 5.26 Å². The Bertz CT molecular complexity index is 938. The van der Waals surface area contributed by atoms with E-state index in [0.717, 1.165) is 41.3 Å². The maximum absolute atomic E-state index is 9.00. The molecular weight excluding hydrogens is 296 g/mol. The van der Waals surface area contributed by atoms with Crippen LogP contribution in [0.25, 0.3) is 10.9 Å². The molecule has 0 unspecified atom stereocenters. The number of anilines is 2. The summed E-state index contributed by atoms with van der Waals surface area (Å²) < 4.78 is 0. The largest absolute Gasteiger partial charge is 0.340 e. The van der Waals surface area contributed by atoms with Gasteiger partial charge in [-0.25, -0.2) is 4.98 Å². The van der Waals surface area contributed by atoms with Crippen LogP contribution >= 0.6 is 0 Å². The molecule has 3 aromatic rings. The quantitative estimate of drug-likeness (QED) is 0.759. The van der Waals surface area contributed by atoms with E-state index >= 15 is 0 Å². The number of benzene rings is 1. The third-order valence-electron chi connectivity index (χ3n) is 4.17. The van der Waals surface area contributed by atoms with Gasteiger partial charge in [-0.05, 0) is 61.7 Å². The molecule has 0 amide bonds. The van der Waals surface area contributed by atoms with E-state index in [2.05, 4.69) is 42.4 Å². The van der Waals surface area contributed by atoms with Crippen LogP contribution in [0.1, 0.15) is 36.4 Å². The molecule has 24 heavy (non-hydrogen) atoms. The normalized spacial score (nSPS) is 10.6. The lowest BCUT2D eigenvalue weighted by molar-refractivity contribution is 1.03. The molecule has 2 aromatic heterocycles. The number of fused-ring (bicyclic) bond motifs is 1. The fourth-order valence-corrected chi connectivity index (χ4v) is 2.80. The van der Waals surface area contributed by atoms with E-state index in [1.807, 2.05) is 25.1 Å². The lowest BCUT2D eigenvalue weighted by Gasteiger charge is -2.11. The molecule has 0 atom stereocenters. The zero-order chi connectivity index (χ0) is 17.1. The summed E-state index contributed by atoms with van der Waals surface area (Å²) in [7, 11) is 0. The van der Waals surface area contributed by atoms with Crippen molar-refractivity contribution in [2.75, 3.05) is 5.32 Å². The predicted octanol–water partition coefficient (Wildman–Crippen LogP) is 4.68. The van der Waals surface area contributed by atoms with Gasteiger partial charge in [0, 0.05) is 16.8 Å². The summed E-state index contributed by atoms with van der Waals surface area (Å²) in [5.74, 6) is 0.738. The molecule has 0 saturated heterocycles. The van der Waals surface area contributed by atoms with E-state index < -0.39 is 0 Å². The van der Waals surface area contributed by atoms with Crippen molar-refractivity contribution < 1.29 is 0 Å². The SMILES string of the molecule is CCc1cc(CC)c2cc(Nc3ccc(C#N)c(C)n3)ccc2n1. The zero-order valence-electron chi connectivity index (χ0n) is 14.2. The number of hydrogen-bond donors (Lipinski definition) is 1. The summed E-state index contributed by atoms with van der Waals surface area (Å²) in [5.41, 5.74) is 5.77. The molecule has 120 valence electrons. The summed E-state index contributed by atoms with van der Waals surface area (Å²) in [6, 6.07) is 14.1. The Labute approximate surface area is 142 Å². The molecule has 0 aliphatic heterocycles. The third kappa shape index (κ3) is 3.07. The molecule has 1 N–H and O–H groups in total. The molecule has 0 aliphatic carbocycles.